The van der Waals surface area contributed by atoms with Crippen LogP contribution in [0.4, 0.5) is 35.1 Å². The van der Waals surface area contributed by atoms with Crippen LogP contribution in [0.3, 0.4) is 0 Å². The Kier molecular flexibility index (Phi) is 11.7. The molecule has 3 rings (SSSR count). The van der Waals surface area contributed by atoms with Crippen LogP contribution in [0.2, 0.25) is 0 Å². The molecule has 0 spiro atoms. The number of alkyl halides is 8. The Bertz CT molecular complexity index is 1620. The second-order valence-electron chi connectivity index (χ2n) is 17.9. The summed E-state index contributed by atoms with van der Waals surface area (Å²) >= 11 is 0. The summed E-state index contributed by atoms with van der Waals surface area (Å²) in [5, 5.41) is 22.0. The number of phenolic OH excluding ortho intramolecular Hbond substituents is 2. The summed E-state index contributed by atoms with van der Waals surface area (Å²) in [4.78, 5) is 4.35. The third-order valence-electron chi connectivity index (χ3n) is 9.23. The molecular weight excluding hydrogens is 692 g/mol. The summed E-state index contributed by atoms with van der Waals surface area (Å²) < 4.78 is 113. The standard InChI is InChI=1S/C40H54F8N2O2/c1-34(2,3)25-19-23(20-26(30(25)51)35(4,5)6)15-13-17-49-33-29(39(43,44)45)32(38(41,42)40(46,47)48)50(33)18-14-16-24-21-27(36(7,8)9)31(52)28(22-24)37(10,11)12/h19-22,51-52H,13-18H2,1-12H3. The fourth-order valence-electron chi connectivity index (χ4n) is 6.41. The van der Waals surface area contributed by atoms with E-state index in [9.17, 15) is 45.3 Å². The fraction of sp³-hybridized carbons (Fsp3) is 0.625. The lowest BCUT2D eigenvalue weighted by Gasteiger charge is -2.43. The molecule has 1 aliphatic rings. The molecule has 2 aromatic rings. The summed E-state index contributed by atoms with van der Waals surface area (Å²) in [5.41, 5.74) is -2.02. The van der Waals surface area contributed by atoms with Crippen LogP contribution in [0, 0.1) is 0 Å². The van der Waals surface area contributed by atoms with E-state index in [0.717, 1.165) is 5.56 Å². The van der Waals surface area contributed by atoms with Gasteiger partial charge in [0.25, 0.3) is 0 Å². The second kappa shape index (κ2) is 14.2. The number of amidine groups is 1. The van der Waals surface area contributed by atoms with Crippen molar-refractivity contribution in [2.45, 2.75) is 149 Å². The molecule has 2 aromatic carbocycles. The lowest BCUT2D eigenvalue weighted by atomic mass is 9.78. The lowest BCUT2D eigenvalue weighted by molar-refractivity contribution is -0.272. The SMILES string of the molecule is CC(C)(C)c1cc(CCCN=C2C(C(F)(F)F)=C(C(F)(F)C(F)(F)F)N2CCCc2cc(C(C)(C)C)c(O)c(C(C)(C)C)c2)cc(C(C)(C)C)c1O. The summed E-state index contributed by atoms with van der Waals surface area (Å²) in [6, 6.07) is 7.10. The van der Waals surface area contributed by atoms with Crippen molar-refractivity contribution < 1.29 is 45.3 Å². The van der Waals surface area contributed by atoms with Crippen molar-refractivity contribution in [3.8, 4) is 11.5 Å². The van der Waals surface area contributed by atoms with Gasteiger partial charge in [0.15, 0.2) is 0 Å². The summed E-state index contributed by atoms with van der Waals surface area (Å²) in [5.74, 6) is -6.46. The van der Waals surface area contributed by atoms with Gasteiger partial charge in [-0.2, -0.15) is 35.1 Å². The lowest BCUT2D eigenvalue weighted by Crippen LogP contribution is -2.57. The normalized spacial score (nSPS) is 16.2. The Hall–Kier alpha value is -3.31. The molecule has 52 heavy (non-hydrogen) atoms. The highest BCUT2D eigenvalue weighted by molar-refractivity contribution is 6.07. The molecular formula is C40H54F8N2O2. The van der Waals surface area contributed by atoms with E-state index in [1.54, 1.807) is 12.1 Å². The highest BCUT2D eigenvalue weighted by Gasteiger charge is 2.68. The van der Waals surface area contributed by atoms with Crippen LogP contribution < -0.4 is 0 Å². The van der Waals surface area contributed by atoms with Crippen LogP contribution >= 0.6 is 0 Å². The van der Waals surface area contributed by atoms with Gasteiger partial charge in [0.1, 0.15) is 28.6 Å². The molecule has 0 unspecified atom stereocenters. The number of rotatable bonds is 9. The molecule has 0 aromatic heterocycles. The number of hydrogen-bond acceptors (Lipinski definition) is 3. The van der Waals surface area contributed by atoms with Gasteiger partial charge in [0.2, 0.25) is 0 Å². The average molecular weight is 747 g/mol. The zero-order chi connectivity index (χ0) is 40.2. The quantitative estimate of drug-likeness (QED) is 0.198. The molecule has 1 heterocycles. The number of aromatic hydroxyl groups is 2. The van der Waals surface area contributed by atoms with Gasteiger partial charge >= 0.3 is 18.3 Å². The Morgan fingerprint density at radius 1 is 0.558 bits per heavy atom. The molecule has 0 atom stereocenters. The maximum atomic E-state index is 14.8. The first-order chi connectivity index (χ1) is 23.2. The first-order valence-electron chi connectivity index (χ1n) is 17.5. The van der Waals surface area contributed by atoms with Gasteiger partial charge in [0.05, 0.1) is 0 Å². The molecule has 0 radical (unpaired) electrons. The largest absolute Gasteiger partial charge is 0.507 e. The van der Waals surface area contributed by atoms with Gasteiger partial charge in [-0.15, -0.1) is 0 Å². The maximum Gasteiger partial charge on any atom is 0.459 e. The summed E-state index contributed by atoms with van der Waals surface area (Å²) in [7, 11) is 0. The molecule has 0 aliphatic carbocycles. The molecule has 12 heteroatoms. The van der Waals surface area contributed by atoms with E-state index in [0.29, 0.717) is 39.1 Å². The number of aryl methyl sites for hydroxylation is 2. The van der Waals surface area contributed by atoms with E-state index in [2.05, 4.69) is 4.99 Å². The minimum absolute atomic E-state index is 0.0712. The van der Waals surface area contributed by atoms with Crippen molar-refractivity contribution in [2.24, 2.45) is 4.99 Å². The minimum atomic E-state index is -6.27. The van der Waals surface area contributed by atoms with Crippen LogP contribution in [-0.4, -0.2) is 52.3 Å². The van der Waals surface area contributed by atoms with Crippen LogP contribution in [0.25, 0.3) is 0 Å². The van der Waals surface area contributed by atoms with Gasteiger partial charge in [-0.3, -0.25) is 4.99 Å². The zero-order valence-corrected chi connectivity index (χ0v) is 32.4. The monoisotopic (exact) mass is 746 g/mol. The highest BCUT2D eigenvalue weighted by Crippen LogP contribution is 2.52. The summed E-state index contributed by atoms with van der Waals surface area (Å²) in [6.45, 7) is 22.1. The predicted molar refractivity (Wildman–Crippen MR) is 191 cm³/mol. The van der Waals surface area contributed by atoms with E-state index in [-0.39, 0.29) is 37.3 Å². The smallest absolute Gasteiger partial charge is 0.459 e. The Morgan fingerprint density at radius 2 is 0.904 bits per heavy atom. The third kappa shape index (κ3) is 9.24. The van der Waals surface area contributed by atoms with Gasteiger partial charge in [-0.25, -0.2) is 0 Å². The van der Waals surface area contributed by atoms with Crippen molar-refractivity contribution in [3.63, 3.8) is 0 Å². The zero-order valence-electron chi connectivity index (χ0n) is 32.4. The molecule has 0 saturated carbocycles. The van der Waals surface area contributed by atoms with Gasteiger partial charge in [-0.05, 0) is 80.7 Å². The van der Waals surface area contributed by atoms with E-state index >= 15 is 0 Å². The number of halogens is 8. The van der Waals surface area contributed by atoms with E-state index in [1.165, 1.54) is 0 Å². The molecule has 292 valence electrons. The summed E-state index contributed by atoms with van der Waals surface area (Å²) in [6.07, 6.45) is -11.2. The van der Waals surface area contributed by atoms with Crippen molar-refractivity contribution in [3.05, 3.63) is 68.9 Å². The molecule has 2 N–H and O–H groups in total. The maximum absolute atomic E-state index is 14.8. The Labute approximate surface area is 303 Å². The molecule has 4 nitrogen and oxygen atoms in total. The predicted octanol–water partition coefficient (Wildman–Crippen LogP) is 11.6. The van der Waals surface area contributed by atoms with Crippen molar-refractivity contribution in [1.29, 1.82) is 0 Å². The van der Waals surface area contributed by atoms with E-state index in [4.69, 9.17) is 0 Å². The van der Waals surface area contributed by atoms with Crippen LogP contribution in [0.5, 0.6) is 11.5 Å². The van der Waals surface area contributed by atoms with Crippen molar-refractivity contribution in [1.82, 2.24) is 4.90 Å². The highest BCUT2D eigenvalue weighted by atomic mass is 19.4. The second-order valence-corrected chi connectivity index (χ2v) is 17.9. The number of nitrogens with zero attached hydrogens (tertiary/aromatic N) is 2. The Balaban J connectivity index is 2.00. The molecule has 0 amide bonds. The number of hydrogen-bond donors (Lipinski definition) is 2. The van der Waals surface area contributed by atoms with Crippen LogP contribution in [0.15, 0.2) is 40.5 Å². The number of allylic oxidation sites excluding steroid dienone is 1. The average Bonchev–Trinajstić information content (AvgIpc) is 2.91. The van der Waals surface area contributed by atoms with Gasteiger partial charge in [0, 0.05) is 13.1 Å². The first kappa shape index (κ1) is 43.1. The van der Waals surface area contributed by atoms with Crippen LogP contribution in [0.1, 0.15) is 129 Å². The van der Waals surface area contributed by atoms with Crippen molar-refractivity contribution >= 4 is 5.84 Å². The van der Waals surface area contributed by atoms with Crippen LogP contribution in [-0.2, 0) is 34.5 Å². The van der Waals surface area contributed by atoms with E-state index in [1.807, 2.05) is 95.2 Å². The van der Waals surface area contributed by atoms with Crippen molar-refractivity contribution in [2.75, 3.05) is 13.1 Å². The minimum Gasteiger partial charge on any atom is -0.507 e. The fourth-order valence-corrected chi connectivity index (χ4v) is 6.41. The molecule has 0 fully saturated rings. The molecule has 0 bridgehead atoms. The molecule has 1 aliphatic heterocycles. The van der Waals surface area contributed by atoms with E-state index < -0.39 is 63.6 Å². The topological polar surface area (TPSA) is 56.1 Å². The third-order valence-corrected chi connectivity index (χ3v) is 9.23. The van der Waals surface area contributed by atoms with Gasteiger partial charge < -0.3 is 15.1 Å². The first-order valence-corrected chi connectivity index (χ1v) is 17.5. The number of aliphatic imine (C=N–C) groups is 1. The Morgan fingerprint density at radius 3 is 1.21 bits per heavy atom. The molecule has 0 saturated heterocycles. The number of phenols is 2. The number of benzene rings is 2. The van der Waals surface area contributed by atoms with Gasteiger partial charge in [-0.1, -0.05) is 107 Å².